The number of carbonyl (C=O) groups excluding carboxylic acids is 2. The molecule has 32 heavy (non-hydrogen) atoms. The SMILES string of the molecule is CC(C)(C)CC(CC(=O)NCC(=O)O)NC(=O)OCC1c2ccccc2-c2ccccc21. The van der Waals surface area contributed by atoms with Gasteiger partial charge in [0, 0.05) is 18.4 Å². The first-order valence-corrected chi connectivity index (χ1v) is 10.7. The number of carbonyl (C=O) groups is 3. The van der Waals surface area contributed by atoms with E-state index in [-0.39, 0.29) is 24.4 Å². The first-order chi connectivity index (χ1) is 15.1. The van der Waals surface area contributed by atoms with Crippen molar-refractivity contribution in [3.63, 3.8) is 0 Å². The van der Waals surface area contributed by atoms with Crippen LogP contribution in [-0.4, -0.2) is 42.3 Å². The first kappa shape index (κ1) is 23.3. The zero-order valence-electron chi connectivity index (χ0n) is 18.7. The Morgan fingerprint density at radius 2 is 1.56 bits per heavy atom. The zero-order valence-corrected chi connectivity index (χ0v) is 18.7. The summed E-state index contributed by atoms with van der Waals surface area (Å²) in [5, 5.41) is 13.9. The van der Waals surface area contributed by atoms with Crippen LogP contribution in [0.1, 0.15) is 50.7 Å². The number of hydrogen-bond donors (Lipinski definition) is 3. The Hall–Kier alpha value is -3.35. The number of carboxylic acids is 1. The standard InChI is InChI=1S/C25H30N2O5/c1-25(2,3)13-16(12-22(28)26-14-23(29)30)27-24(31)32-15-21-19-10-6-4-8-17(19)18-9-5-7-11-20(18)21/h4-11,16,21H,12-15H2,1-3H3,(H,26,28)(H,27,31)(H,29,30). The third-order valence-corrected chi connectivity index (χ3v) is 5.39. The Morgan fingerprint density at radius 1 is 1.00 bits per heavy atom. The summed E-state index contributed by atoms with van der Waals surface area (Å²) in [5.41, 5.74) is 4.41. The zero-order chi connectivity index (χ0) is 23.3. The Morgan fingerprint density at radius 3 is 2.09 bits per heavy atom. The Balaban J connectivity index is 1.64. The fraction of sp³-hybridized carbons (Fsp3) is 0.400. The summed E-state index contributed by atoms with van der Waals surface area (Å²) in [5.74, 6) is -1.59. The third kappa shape index (κ3) is 6.09. The predicted molar refractivity (Wildman–Crippen MR) is 121 cm³/mol. The summed E-state index contributed by atoms with van der Waals surface area (Å²) in [6.07, 6.45) is -0.0703. The molecule has 0 radical (unpaired) electrons. The van der Waals surface area contributed by atoms with E-state index in [1.165, 1.54) is 0 Å². The molecule has 1 aliphatic carbocycles. The van der Waals surface area contributed by atoms with Gasteiger partial charge in [-0.1, -0.05) is 69.3 Å². The van der Waals surface area contributed by atoms with Crippen LogP contribution >= 0.6 is 0 Å². The highest BCUT2D eigenvalue weighted by Gasteiger charge is 2.30. The summed E-state index contributed by atoms with van der Waals surface area (Å²) in [6, 6.07) is 15.7. The van der Waals surface area contributed by atoms with E-state index in [4.69, 9.17) is 9.84 Å². The smallest absolute Gasteiger partial charge is 0.407 e. The molecule has 1 aliphatic rings. The lowest BCUT2D eigenvalue weighted by Gasteiger charge is -2.26. The van der Waals surface area contributed by atoms with Crippen molar-refractivity contribution < 1.29 is 24.2 Å². The van der Waals surface area contributed by atoms with Crippen molar-refractivity contribution in [2.45, 2.75) is 45.6 Å². The normalized spacial score (nSPS) is 13.6. The number of aliphatic carboxylic acids is 1. The minimum atomic E-state index is -1.12. The van der Waals surface area contributed by atoms with Crippen LogP contribution in [0.15, 0.2) is 48.5 Å². The van der Waals surface area contributed by atoms with Gasteiger partial charge in [0.15, 0.2) is 0 Å². The first-order valence-electron chi connectivity index (χ1n) is 10.7. The topological polar surface area (TPSA) is 105 Å². The van der Waals surface area contributed by atoms with E-state index >= 15 is 0 Å². The molecule has 0 spiro atoms. The number of amides is 2. The quantitative estimate of drug-likeness (QED) is 0.579. The largest absolute Gasteiger partial charge is 0.480 e. The number of fused-ring (bicyclic) bond motifs is 3. The second kappa shape index (κ2) is 9.85. The fourth-order valence-electron chi connectivity index (χ4n) is 4.19. The number of hydrogen-bond acceptors (Lipinski definition) is 4. The molecule has 1 atom stereocenters. The van der Waals surface area contributed by atoms with Crippen molar-refractivity contribution in [1.82, 2.24) is 10.6 Å². The van der Waals surface area contributed by atoms with E-state index in [0.29, 0.717) is 6.42 Å². The van der Waals surface area contributed by atoms with E-state index in [2.05, 4.69) is 34.9 Å². The van der Waals surface area contributed by atoms with Crippen molar-refractivity contribution in [3.05, 3.63) is 59.7 Å². The molecule has 0 fully saturated rings. The van der Waals surface area contributed by atoms with E-state index < -0.39 is 30.6 Å². The molecule has 7 heteroatoms. The summed E-state index contributed by atoms with van der Waals surface area (Å²) in [4.78, 5) is 35.4. The second-order valence-corrected chi connectivity index (χ2v) is 9.31. The molecule has 3 N–H and O–H groups in total. The molecule has 0 saturated carbocycles. The van der Waals surface area contributed by atoms with Gasteiger partial charge in [-0.15, -0.1) is 0 Å². The average Bonchev–Trinajstić information content (AvgIpc) is 3.03. The van der Waals surface area contributed by atoms with Crippen LogP contribution in [0.3, 0.4) is 0 Å². The van der Waals surface area contributed by atoms with Gasteiger partial charge in [-0.25, -0.2) is 4.79 Å². The van der Waals surface area contributed by atoms with Gasteiger partial charge in [0.2, 0.25) is 5.91 Å². The number of nitrogens with one attached hydrogen (secondary N) is 2. The molecule has 3 rings (SSSR count). The molecule has 2 aromatic carbocycles. The molecule has 0 aliphatic heterocycles. The lowest BCUT2D eigenvalue weighted by Crippen LogP contribution is -2.42. The van der Waals surface area contributed by atoms with Gasteiger partial charge in [-0.3, -0.25) is 9.59 Å². The van der Waals surface area contributed by atoms with Crippen LogP contribution in [0.4, 0.5) is 4.79 Å². The summed E-state index contributed by atoms with van der Waals surface area (Å²) < 4.78 is 5.59. The third-order valence-electron chi connectivity index (χ3n) is 5.39. The van der Waals surface area contributed by atoms with Crippen LogP contribution in [0.5, 0.6) is 0 Å². The van der Waals surface area contributed by atoms with E-state index in [1.54, 1.807) is 0 Å². The van der Waals surface area contributed by atoms with Gasteiger partial charge >= 0.3 is 12.1 Å². The Kier molecular flexibility index (Phi) is 7.18. The monoisotopic (exact) mass is 438 g/mol. The molecular weight excluding hydrogens is 408 g/mol. The molecule has 2 aromatic rings. The Labute approximate surface area is 188 Å². The van der Waals surface area contributed by atoms with Gasteiger partial charge in [-0.2, -0.15) is 0 Å². The highest BCUT2D eigenvalue weighted by Crippen LogP contribution is 2.44. The lowest BCUT2D eigenvalue weighted by atomic mass is 9.87. The summed E-state index contributed by atoms with van der Waals surface area (Å²) >= 11 is 0. The molecule has 0 saturated heterocycles. The number of benzene rings is 2. The maximum atomic E-state index is 12.6. The minimum absolute atomic E-state index is 0.0191. The average molecular weight is 439 g/mol. The minimum Gasteiger partial charge on any atom is -0.480 e. The second-order valence-electron chi connectivity index (χ2n) is 9.31. The van der Waals surface area contributed by atoms with Crippen LogP contribution in [0, 0.1) is 5.41 Å². The number of ether oxygens (including phenoxy) is 1. The van der Waals surface area contributed by atoms with Crippen molar-refractivity contribution >= 4 is 18.0 Å². The summed E-state index contributed by atoms with van der Waals surface area (Å²) in [7, 11) is 0. The number of carboxylic acid groups (broad SMARTS) is 1. The van der Waals surface area contributed by atoms with Crippen LogP contribution in [-0.2, 0) is 14.3 Å². The molecular formula is C25H30N2O5. The van der Waals surface area contributed by atoms with Crippen molar-refractivity contribution in [1.29, 1.82) is 0 Å². The summed E-state index contributed by atoms with van der Waals surface area (Å²) in [6.45, 7) is 5.76. The fourth-order valence-corrected chi connectivity index (χ4v) is 4.19. The van der Waals surface area contributed by atoms with E-state index in [9.17, 15) is 14.4 Å². The molecule has 2 amide bonds. The van der Waals surface area contributed by atoms with Gasteiger partial charge in [0.05, 0.1) is 0 Å². The maximum Gasteiger partial charge on any atom is 0.407 e. The van der Waals surface area contributed by atoms with Crippen molar-refractivity contribution in [3.8, 4) is 11.1 Å². The highest BCUT2D eigenvalue weighted by molar-refractivity contribution is 5.82. The molecule has 0 bridgehead atoms. The van der Waals surface area contributed by atoms with Crippen LogP contribution in [0.25, 0.3) is 11.1 Å². The molecule has 0 aromatic heterocycles. The number of alkyl carbamates (subject to hydrolysis) is 1. The lowest BCUT2D eigenvalue weighted by molar-refractivity contribution is -0.138. The molecule has 0 heterocycles. The van der Waals surface area contributed by atoms with Crippen molar-refractivity contribution in [2.24, 2.45) is 5.41 Å². The molecule has 170 valence electrons. The van der Waals surface area contributed by atoms with Crippen LogP contribution < -0.4 is 10.6 Å². The van der Waals surface area contributed by atoms with Gasteiger partial charge in [0.25, 0.3) is 0 Å². The number of rotatable bonds is 8. The molecule has 1 unspecified atom stereocenters. The maximum absolute atomic E-state index is 12.6. The Bertz CT molecular complexity index is 950. The van der Waals surface area contributed by atoms with Crippen LogP contribution in [0.2, 0.25) is 0 Å². The predicted octanol–water partition coefficient (Wildman–Crippen LogP) is 3.92. The molecule has 7 nitrogen and oxygen atoms in total. The highest BCUT2D eigenvalue weighted by atomic mass is 16.5. The van der Waals surface area contributed by atoms with Gasteiger partial charge in [0.1, 0.15) is 13.2 Å². The van der Waals surface area contributed by atoms with Gasteiger partial charge < -0.3 is 20.5 Å². The van der Waals surface area contributed by atoms with Crippen molar-refractivity contribution in [2.75, 3.05) is 13.2 Å². The van der Waals surface area contributed by atoms with Gasteiger partial charge in [-0.05, 0) is 34.1 Å². The van der Waals surface area contributed by atoms with E-state index in [0.717, 1.165) is 22.3 Å². The van der Waals surface area contributed by atoms with E-state index in [1.807, 2.05) is 45.0 Å².